The van der Waals surface area contributed by atoms with Crippen molar-refractivity contribution in [3.8, 4) is 11.1 Å². The number of hydrogen-bond acceptors (Lipinski definition) is 0. The molecule has 1 heteroatoms. The molecule has 1 aliphatic carbocycles. The molecule has 0 bridgehead atoms. The van der Waals surface area contributed by atoms with Crippen LogP contribution in [0.3, 0.4) is 0 Å². The highest BCUT2D eigenvalue weighted by Gasteiger charge is 2.42. The molecule has 0 aliphatic heterocycles. The van der Waals surface area contributed by atoms with Crippen LogP contribution in [-0.4, -0.2) is 6.67 Å². The monoisotopic (exact) mass is 332 g/mol. The van der Waals surface area contributed by atoms with Crippen molar-refractivity contribution in [2.45, 2.75) is 44.4 Å². The summed E-state index contributed by atoms with van der Waals surface area (Å²) in [6.45, 7) is 1.96. The van der Waals surface area contributed by atoms with Gasteiger partial charge in [-0.15, -0.1) is 0 Å². The smallest absolute Gasteiger partial charge is 0.0906 e. The van der Waals surface area contributed by atoms with E-state index in [4.69, 9.17) is 0 Å². The summed E-state index contributed by atoms with van der Waals surface area (Å²) in [6, 6.07) is 21.7. The molecule has 0 amide bonds. The molecule has 4 rings (SSSR count). The molecule has 128 valence electrons. The summed E-state index contributed by atoms with van der Waals surface area (Å²) >= 11 is 0. The van der Waals surface area contributed by atoms with E-state index in [1.165, 1.54) is 45.9 Å². The summed E-state index contributed by atoms with van der Waals surface area (Å²) < 4.78 is 13.7. The molecule has 0 spiro atoms. The number of unbranched alkanes of at least 4 members (excludes halogenated alkanes) is 2. The summed E-state index contributed by atoms with van der Waals surface area (Å²) in [4.78, 5) is 0. The van der Waals surface area contributed by atoms with E-state index >= 15 is 0 Å². The fraction of sp³-hybridized carbons (Fsp3) is 0.333. The Labute approximate surface area is 149 Å². The summed E-state index contributed by atoms with van der Waals surface area (Å²) in [5.74, 6) is 0. The van der Waals surface area contributed by atoms with Gasteiger partial charge in [0.1, 0.15) is 0 Å². The molecule has 25 heavy (non-hydrogen) atoms. The minimum absolute atomic E-state index is 0.167. The van der Waals surface area contributed by atoms with Crippen LogP contribution in [0.1, 0.15) is 50.2 Å². The number of hydrogen-bond donors (Lipinski definition) is 0. The largest absolute Gasteiger partial charge is 0.251 e. The van der Waals surface area contributed by atoms with Crippen molar-refractivity contribution in [2.75, 3.05) is 6.67 Å². The molecule has 0 nitrogen and oxygen atoms in total. The van der Waals surface area contributed by atoms with E-state index < -0.39 is 0 Å². The summed E-state index contributed by atoms with van der Waals surface area (Å²) in [6.07, 6.45) is 5.17. The Hall–Kier alpha value is -2.15. The number of halogens is 1. The zero-order valence-electron chi connectivity index (χ0n) is 14.9. The van der Waals surface area contributed by atoms with Crippen molar-refractivity contribution < 1.29 is 4.39 Å². The van der Waals surface area contributed by atoms with E-state index in [2.05, 4.69) is 67.6 Å². The summed E-state index contributed by atoms with van der Waals surface area (Å²) in [5.41, 5.74) is 5.13. The minimum atomic E-state index is -0.271. The molecular weight excluding hydrogens is 307 g/mol. The van der Waals surface area contributed by atoms with Gasteiger partial charge in [0.2, 0.25) is 0 Å². The molecule has 1 atom stereocenters. The fourth-order valence-electron chi connectivity index (χ4n) is 4.73. The van der Waals surface area contributed by atoms with Crippen LogP contribution in [0.2, 0.25) is 0 Å². The van der Waals surface area contributed by atoms with Gasteiger partial charge in [-0.25, -0.2) is 0 Å². The van der Waals surface area contributed by atoms with Gasteiger partial charge in [-0.3, -0.25) is 4.39 Å². The minimum Gasteiger partial charge on any atom is -0.251 e. The lowest BCUT2D eigenvalue weighted by molar-refractivity contribution is 0.355. The quantitative estimate of drug-likeness (QED) is 0.424. The molecular formula is C24H25F. The average Bonchev–Trinajstić information content (AvgIpc) is 2.93. The number of benzene rings is 3. The normalized spacial score (nSPS) is 18.3. The van der Waals surface area contributed by atoms with E-state index in [0.717, 1.165) is 12.8 Å². The second-order valence-electron chi connectivity index (χ2n) is 7.23. The lowest BCUT2D eigenvalue weighted by atomic mass is 9.72. The van der Waals surface area contributed by atoms with E-state index in [1.54, 1.807) is 0 Å². The highest BCUT2D eigenvalue weighted by molar-refractivity contribution is 6.02. The Morgan fingerprint density at radius 3 is 2.44 bits per heavy atom. The first-order valence-electron chi connectivity index (χ1n) is 9.50. The second kappa shape index (κ2) is 6.63. The van der Waals surface area contributed by atoms with Crippen molar-refractivity contribution in [2.24, 2.45) is 0 Å². The van der Waals surface area contributed by atoms with E-state index in [-0.39, 0.29) is 12.1 Å². The first kappa shape index (κ1) is 16.3. The molecule has 3 aromatic carbocycles. The van der Waals surface area contributed by atoms with Gasteiger partial charge in [0.15, 0.2) is 0 Å². The van der Waals surface area contributed by atoms with Crippen LogP contribution in [0, 0.1) is 0 Å². The third-order valence-corrected chi connectivity index (χ3v) is 5.88. The van der Waals surface area contributed by atoms with Crippen molar-refractivity contribution in [1.82, 2.24) is 0 Å². The van der Waals surface area contributed by atoms with Gasteiger partial charge in [0, 0.05) is 5.41 Å². The topological polar surface area (TPSA) is 0 Å². The van der Waals surface area contributed by atoms with Crippen LogP contribution in [0.25, 0.3) is 21.9 Å². The second-order valence-corrected chi connectivity index (χ2v) is 7.23. The molecule has 0 radical (unpaired) electrons. The number of alkyl halides is 1. The van der Waals surface area contributed by atoms with Crippen molar-refractivity contribution >= 4 is 10.8 Å². The van der Waals surface area contributed by atoms with E-state index in [9.17, 15) is 4.39 Å². The van der Waals surface area contributed by atoms with Crippen LogP contribution in [0.4, 0.5) is 4.39 Å². The van der Waals surface area contributed by atoms with Gasteiger partial charge in [-0.1, -0.05) is 86.8 Å². The molecule has 0 aromatic heterocycles. The maximum atomic E-state index is 13.7. The predicted molar refractivity (Wildman–Crippen MR) is 105 cm³/mol. The van der Waals surface area contributed by atoms with Gasteiger partial charge in [-0.2, -0.15) is 0 Å². The van der Waals surface area contributed by atoms with Crippen molar-refractivity contribution in [1.29, 1.82) is 0 Å². The SMILES string of the molecule is CCCCCC1(CCF)c2ccccc2-c2c1ccc1ccccc21. The Morgan fingerprint density at radius 2 is 1.60 bits per heavy atom. The zero-order chi connectivity index (χ0) is 17.3. The van der Waals surface area contributed by atoms with Crippen LogP contribution < -0.4 is 0 Å². The molecule has 0 saturated heterocycles. The fourth-order valence-corrected chi connectivity index (χ4v) is 4.73. The Balaban J connectivity index is 1.99. The van der Waals surface area contributed by atoms with E-state index in [0.29, 0.717) is 6.42 Å². The van der Waals surface area contributed by atoms with Crippen LogP contribution in [-0.2, 0) is 5.41 Å². The molecule has 0 saturated carbocycles. The molecule has 1 aliphatic rings. The van der Waals surface area contributed by atoms with Crippen LogP contribution in [0.5, 0.6) is 0 Å². The lowest BCUT2D eigenvalue weighted by Crippen LogP contribution is -2.26. The highest BCUT2D eigenvalue weighted by Crippen LogP contribution is 2.55. The third-order valence-electron chi connectivity index (χ3n) is 5.88. The zero-order valence-corrected chi connectivity index (χ0v) is 14.9. The summed E-state index contributed by atoms with van der Waals surface area (Å²) in [5, 5.41) is 2.56. The van der Waals surface area contributed by atoms with Gasteiger partial charge < -0.3 is 0 Å². The molecule has 1 unspecified atom stereocenters. The van der Waals surface area contributed by atoms with Gasteiger partial charge >= 0.3 is 0 Å². The average molecular weight is 332 g/mol. The van der Waals surface area contributed by atoms with Gasteiger partial charge in [0.25, 0.3) is 0 Å². The number of rotatable bonds is 6. The molecule has 0 fully saturated rings. The highest BCUT2D eigenvalue weighted by atomic mass is 19.1. The Kier molecular flexibility index (Phi) is 4.33. The molecule has 3 aromatic rings. The van der Waals surface area contributed by atoms with Crippen molar-refractivity contribution in [3.63, 3.8) is 0 Å². The Morgan fingerprint density at radius 1 is 0.800 bits per heavy atom. The van der Waals surface area contributed by atoms with Gasteiger partial charge in [-0.05, 0) is 45.9 Å². The molecule has 0 heterocycles. The lowest BCUT2D eigenvalue weighted by Gasteiger charge is -2.31. The first-order valence-corrected chi connectivity index (χ1v) is 9.50. The van der Waals surface area contributed by atoms with Crippen LogP contribution in [0.15, 0.2) is 60.7 Å². The maximum absolute atomic E-state index is 13.7. The molecule has 0 N–H and O–H groups in total. The maximum Gasteiger partial charge on any atom is 0.0906 e. The standard InChI is InChI=1S/C24H25F/c1-2-3-8-15-24(16-17-25)21-12-7-6-11-20(21)23-19-10-5-4-9-18(19)13-14-22(23)24/h4-7,9-14H,2-3,8,15-17H2,1H3. The summed E-state index contributed by atoms with van der Waals surface area (Å²) in [7, 11) is 0. The third kappa shape index (κ3) is 2.49. The Bertz CT molecular complexity index is 895. The van der Waals surface area contributed by atoms with Crippen LogP contribution >= 0.6 is 0 Å². The van der Waals surface area contributed by atoms with Crippen molar-refractivity contribution in [3.05, 3.63) is 71.8 Å². The van der Waals surface area contributed by atoms with Gasteiger partial charge in [0.05, 0.1) is 6.67 Å². The predicted octanol–water partition coefficient (Wildman–Crippen LogP) is 7.05. The number of fused-ring (bicyclic) bond motifs is 5. The first-order chi connectivity index (χ1) is 12.3. The van der Waals surface area contributed by atoms with E-state index in [1.807, 2.05) is 0 Å².